The van der Waals surface area contributed by atoms with Crippen LogP contribution in [0, 0.1) is 0 Å². The van der Waals surface area contributed by atoms with E-state index in [2.05, 4.69) is 4.74 Å². The Kier molecular flexibility index (Phi) is 2.53. The number of hydrogen-bond donors (Lipinski definition) is 0. The molecule has 8 heavy (non-hydrogen) atoms. The molecule has 0 aromatic rings. The Balaban J connectivity index is 0.000000490. The van der Waals surface area contributed by atoms with E-state index < -0.39 is 11.9 Å². The molecule has 1 heterocycles. The Morgan fingerprint density at radius 1 is 1.12 bits per heavy atom. The van der Waals surface area contributed by atoms with Crippen molar-refractivity contribution in [3.05, 3.63) is 12.2 Å². The number of carbonyl (C=O) groups excluding carboxylic acids is 2. The summed E-state index contributed by atoms with van der Waals surface area (Å²) >= 11 is 0. The Hall–Kier alpha value is -0.523. The Labute approximate surface area is 57.9 Å². The molecule has 0 aromatic carbocycles. The second-order valence-corrected chi connectivity index (χ2v) is 1.07. The van der Waals surface area contributed by atoms with Crippen LogP contribution in [-0.4, -0.2) is 30.8 Å². The van der Waals surface area contributed by atoms with E-state index in [0.717, 1.165) is 12.2 Å². The van der Waals surface area contributed by atoms with Crippen molar-refractivity contribution < 1.29 is 14.3 Å². The molecule has 0 bridgehead atoms. The second-order valence-electron chi connectivity index (χ2n) is 1.07. The molecule has 0 saturated carbocycles. The first-order valence-electron chi connectivity index (χ1n) is 1.73. The maximum absolute atomic E-state index is 9.92. The van der Waals surface area contributed by atoms with Crippen molar-refractivity contribution in [2.24, 2.45) is 0 Å². The number of cyclic esters (lactones) is 2. The summed E-state index contributed by atoms with van der Waals surface area (Å²) in [5.41, 5.74) is 0. The molecule has 1 rings (SSSR count). The van der Waals surface area contributed by atoms with Crippen molar-refractivity contribution in [1.82, 2.24) is 0 Å². The minimum atomic E-state index is -0.579. The molecule has 1 aliphatic heterocycles. The van der Waals surface area contributed by atoms with Gasteiger partial charge in [0.1, 0.15) is 0 Å². The average molecular weight is 106 g/mol. The van der Waals surface area contributed by atoms with Crippen LogP contribution in [0.5, 0.6) is 0 Å². The third-order valence-electron chi connectivity index (χ3n) is 0.557. The monoisotopic (exact) mass is 106 g/mol. The zero-order valence-corrected chi connectivity index (χ0v) is 3.38. The zero-order valence-electron chi connectivity index (χ0n) is 3.38. The van der Waals surface area contributed by atoms with Crippen LogP contribution in [0.4, 0.5) is 0 Å². The molecule has 38 valence electrons. The molecule has 0 spiro atoms. The normalized spacial score (nSPS) is 15.5. The first-order valence-corrected chi connectivity index (χ1v) is 1.73. The fourth-order valence-electron chi connectivity index (χ4n) is 0.303. The van der Waals surface area contributed by atoms with Crippen LogP contribution in [0.25, 0.3) is 0 Å². The van der Waals surface area contributed by atoms with Crippen LogP contribution in [0.1, 0.15) is 0 Å². The molecule has 0 unspecified atom stereocenters. The van der Waals surface area contributed by atoms with Gasteiger partial charge >= 0.3 is 30.8 Å². The van der Waals surface area contributed by atoms with Crippen LogP contribution >= 0.6 is 0 Å². The van der Waals surface area contributed by atoms with Gasteiger partial charge in [0, 0.05) is 12.2 Å². The summed E-state index contributed by atoms with van der Waals surface area (Å²) in [5.74, 6) is -1.16. The molecule has 0 N–H and O–H groups in total. The van der Waals surface area contributed by atoms with Crippen molar-refractivity contribution >= 4 is 30.8 Å². The summed E-state index contributed by atoms with van der Waals surface area (Å²) in [6, 6.07) is 0. The van der Waals surface area contributed by atoms with Gasteiger partial charge in [-0.15, -0.1) is 0 Å². The minimum absolute atomic E-state index is 0. The standard InChI is InChI=1S/C4H2O3.Li.H/c5-3-1-2-4(6)7-3;;/h1-2H;;. The Bertz CT molecular complexity index is 133. The number of ether oxygens (including phenoxy) is 1. The first kappa shape index (κ1) is 7.48. The van der Waals surface area contributed by atoms with Crippen LogP contribution < -0.4 is 0 Å². The summed E-state index contributed by atoms with van der Waals surface area (Å²) in [5, 5.41) is 0. The van der Waals surface area contributed by atoms with Gasteiger partial charge in [0.25, 0.3) is 0 Å². The van der Waals surface area contributed by atoms with Crippen LogP contribution in [-0.2, 0) is 14.3 Å². The van der Waals surface area contributed by atoms with E-state index in [4.69, 9.17) is 0 Å². The second kappa shape index (κ2) is 2.70. The van der Waals surface area contributed by atoms with E-state index >= 15 is 0 Å². The Morgan fingerprint density at radius 3 is 1.62 bits per heavy atom. The number of rotatable bonds is 0. The number of hydrogen-bond acceptors (Lipinski definition) is 3. The van der Waals surface area contributed by atoms with Gasteiger partial charge in [0.05, 0.1) is 0 Å². The quantitative estimate of drug-likeness (QED) is 0.225. The number of esters is 2. The van der Waals surface area contributed by atoms with E-state index in [1.165, 1.54) is 0 Å². The molecule has 0 fully saturated rings. The van der Waals surface area contributed by atoms with Crippen molar-refractivity contribution in [2.45, 2.75) is 0 Å². The van der Waals surface area contributed by atoms with Gasteiger partial charge in [-0.3, -0.25) is 0 Å². The summed E-state index contributed by atoms with van der Waals surface area (Å²) < 4.78 is 3.97. The molecule has 0 radical (unpaired) electrons. The van der Waals surface area contributed by atoms with Gasteiger partial charge in [-0.2, -0.15) is 0 Å². The van der Waals surface area contributed by atoms with Crippen molar-refractivity contribution in [3.8, 4) is 0 Å². The van der Waals surface area contributed by atoms with E-state index in [1.807, 2.05) is 0 Å². The van der Waals surface area contributed by atoms with Crippen LogP contribution in [0.15, 0.2) is 12.2 Å². The van der Waals surface area contributed by atoms with Gasteiger partial charge in [0.2, 0.25) is 0 Å². The van der Waals surface area contributed by atoms with Crippen LogP contribution in [0.3, 0.4) is 0 Å². The molecule has 0 amide bonds. The molecular weight excluding hydrogens is 103 g/mol. The predicted molar refractivity (Wildman–Crippen MR) is 27.4 cm³/mol. The van der Waals surface area contributed by atoms with Gasteiger partial charge in [-0.1, -0.05) is 0 Å². The van der Waals surface area contributed by atoms with E-state index in [-0.39, 0.29) is 18.9 Å². The molecule has 0 aromatic heterocycles. The summed E-state index contributed by atoms with van der Waals surface area (Å²) in [4.78, 5) is 19.8. The van der Waals surface area contributed by atoms with Crippen molar-refractivity contribution in [2.75, 3.05) is 0 Å². The molecule has 0 atom stereocenters. The molecule has 3 nitrogen and oxygen atoms in total. The summed E-state index contributed by atoms with van der Waals surface area (Å²) in [7, 11) is 0. The summed E-state index contributed by atoms with van der Waals surface area (Å²) in [6.45, 7) is 0. The molecular formula is C4H3LiO3. The van der Waals surface area contributed by atoms with E-state index in [0.29, 0.717) is 0 Å². The van der Waals surface area contributed by atoms with Crippen molar-refractivity contribution in [1.29, 1.82) is 0 Å². The van der Waals surface area contributed by atoms with Gasteiger partial charge in [0.15, 0.2) is 0 Å². The Morgan fingerprint density at radius 2 is 1.50 bits per heavy atom. The average Bonchev–Trinajstić information content (AvgIpc) is 1.87. The third kappa shape index (κ3) is 1.53. The fourth-order valence-corrected chi connectivity index (χ4v) is 0.303. The van der Waals surface area contributed by atoms with Crippen molar-refractivity contribution in [3.63, 3.8) is 0 Å². The van der Waals surface area contributed by atoms with E-state index in [1.54, 1.807) is 0 Å². The molecule has 4 heteroatoms. The van der Waals surface area contributed by atoms with Gasteiger partial charge in [-0.25, -0.2) is 9.59 Å². The third-order valence-corrected chi connectivity index (χ3v) is 0.557. The molecule has 0 saturated heterocycles. The summed E-state index contributed by atoms with van der Waals surface area (Å²) in [6.07, 6.45) is 2.17. The molecule has 1 aliphatic rings. The van der Waals surface area contributed by atoms with Gasteiger partial charge in [-0.05, 0) is 0 Å². The van der Waals surface area contributed by atoms with Gasteiger partial charge < -0.3 is 4.74 Å². The molecule has 0 aliphatic carbocycles. The van der Waals surface area contributed by atoms with E-state index in [9.17, 15) is 9.59 Å². The maximum atomic E-state index is 9.92. The number of carbonyl (C=O) groups is 2. The zero-order chi connectivity index (χ0) is 5.28. The SMILES string of the molecule is O=C1C=CC(=O)O1.[LiH]. The van der Waals surface area contributed by atoms with Crippen LogP contribution in [0.2, 0.25) is 0 Å². The first-order chi connectivity index (χ1) is 3.29. The predicted octanol–water partition coefficient (Wildman–Crippen LogP) is -1.02. The topological polar surface area (TPSA) is 43.4 Å². The fraction of sp³-hybridized carbons (Fsp3) is 0.